The van der Waals surface area contributed by atoms with Crippen molar-refractivity contribution in [2.24, 2.45) is 0 Å². The van der Waals surface area contributed by atoms with Gasteiger partial charge in [0.15, 0.2) is 5.13 Å². The first-order chi connectivity index (χ1) is 8.79. The summed E-state index contributed by atoms with van der Waals surface area (Å²) in [5, 5.41) is 6.28. The molecule has 0 bridgehead atoms. The van der Waals surface area contributed by atoms with Gasteiger partial charge in [0.05, 0.1) is 11.7 Å². The first-order valence-corrected chi connectivity index (χ1v) is 7.67. The highest BCUT2D eigenvalue weighted by Gasteiger charge is 2.32. The highest BCUT2D eigenvalue weighted by Crippen LogP contribution is 2.41. The Labute approximate surface area is 111 Å². The van der Waals surface area contributed by atoms with E-state index in [1.165, 1.54) is 18.5 Å². The predicted octanol–water partition coefficient (Wildman–Crippen LogP) is 2.13. The van der Waals surface area contributed by atoms with Gasteiger partial charge in [-0.25, -0.2) is 4.98 Å². The first-order valence-electron chi connectivity index (χ1n) is 6.79. The van der Waals surface area contributed by atoms with Gasteiger partial charge in [0, 0.05) is 17.8 Å². The van der Waals surface area contributed by atoms with E-state index in [1.54, 1.807) is 11.3 Å². The van der Waals surface area contributed by atoms with E-state index >= 15 is 0 Å². The van der Waals surface area contributed by atoms with Crippen molar-refractivity contribution in [3.8, 4) is 0 Å². The maximum absolute atomic E-state index is 12.3. The van der Waals surface area contributed by atoms with Gasteiger partial charge < -0.3 is 5.32 Å². The number of thiazole rings is 1. The molecule has 2 heterocycles. The maximum atomic E-state index is 12.3. The molecule has 1 saturated carbocycles. The van der Waals surface area contributed by atoms with Crippen LogP contribution in [-0.4, -0.2) is 30.0 Å². The monoisotopic (exact) mass is 265 g/mol. The Morgan fingerprint density at radius 2 is 2.33 bits per heavy atom. The molecule has 0 radical (unpaired) electrons. The average Bonchev–Trinajstić information content (AvgIpc) is 3.11. The molecule has 2 aliphatic rings. The minimum atomic E-state index is -0.0166. The lowest BCUT2D eigenvalue weighted by atomic mass is 10.1. The number of carbonyl (C=O) groups excluding carboxylic acids is 1. The number of piperidine rings is 1. The van der Waals surface area contributed by atoms with Crippen LogP contribution < -0.4 is 10.2 Å². The van der Waals surface area contributed by atoms with Crippen molar-refractivity contribution in [1.29, 1.82) is 0 Å². The Morgan fingerprint density at radius 1 is 1.50 bits per heavy atom. The lowest BCUT2D eigenvalue weighted by Gasteiger charge is -2.30. The topological polar surface area (TPSA) is 45.2 Å². The van der Waals surface area contributed by atoms with Crippen molar-refractivity contribution in [2.75, 3.05) is 18.0 Å². The quantitative estimate of drug-likeness (QED) is 0.907. The molecule has 1 N–H and O–H groups in total. The second-order valence-electron chi connectivity index (χ2n) is 5.07. The zero-order valence-corrected chi connectivity index (χ0v) is 11.5. The van der Waals surface area contributed by atoms with Gasteiger partial charge in [0.2, 0.25) is 5.91 Å². The minimum Gasteiger partial charge on any atom is -0.306 e. The lowest BCUT2D eigenvalue weighted by Crippen LogP contribution is -2.50. The summed E-state index contributed by atoms with van der Waals surface area (Å²) in [6, 6.07) is -0.0166. The smallest absolute Gasteiger partial charge is 0.245 e. The fourth-order valence-corrected chi connectivity index (χ4v) is 3.41. The molecule has 0 spiro atoms. The van der Waals surface area contributed by atoms with Gasteiger partial charge in [-0.3, -0.25) is 9.69 Å². The van der Waals surface area contributed by atoms with Gasteiger partial charge in [-0.05, 0) is 32.2 Å². The number of likely N-dealkylation sites (N-methyl/N-ethyl adjacent to an activating group) is 1. The molecule has 1 aliphatic heterocycles. The largest absolute Gasteiger partial charge is 0.306 e. The van der Waals surface area contributed by atoms with Crippen molar-refractivity contribution in [3.05, 3.63) is 11.1 Å². The molecule has 2 fully saturated rings. The molecule has 98 valence electrons. The molecule has 4 nitrogen and oxygen atoms in total. The maximum Gasteiger partial charge on any atom is 0.245 e. The number of hydrogen-bond acceptors (Lipinski definition) is 4. The fourth-order valence-electron chi connectivity index (χ4n) is 2.47. The summed E-state index contributed by atoms with van der Waals surface area (Å²) >= 11 is 1.61. The van der Waals surface area contributed by atoms with Crippen LogP contribution >= 0.6 is 11.3 Å². The second-order valence-corrected chi connectivity index (χ2v) is 5.91. The van der Waals surface area contributed by atoms with E-state index in [9.17, 15) is 4.79 Å². The summed E-state index contributed by atoms with van der Waals surface area (Å²) in [7, 11) is 0. The number of aromatic nitrogens is 1. The molecule has 18 heavy (non-hydrogen) atoms. The summed E-state index contributed by atoms with van der Waals surface area (Å²) in [6.45, 7) is 3.70. The van der Waals surface area contributed by atoms with Crippen molar-refractivity contribution < 1.29 is 4.79 Å². The van der Waals surface area contributed by atoms with Crippen LogP contribution in [0.4, 0.5) is 5.13 Å². The van der Waals surface area contributed by atoms with Crippen LogP contribution in [0.15, 0.2) is 5.38 Å². The standard InChI is InChI=1S/C13H19N3OS/c1-2-14-10-4-3-7-16(12(10)17)13-15-11(8-18-13)9-5-6-9/h8-10,14H,2-7H2,1H3. The molecule has 3 rings (SSSR count). The molecule has 1 aromatic heterocycles. The van der Waals surface area contributed by atoms with Crippen LogP contribution in [0.5, 0.6) is 0 Å². The van der Waals surface area contributed by atoms with E-state index in [2.05, 4.69) is 15.7 Å². The molecular formula is C13H19N3OS. The molecule has 1 aromatic rings. The Bertz CT molecular complexity index is 439. The third-order valence-electron chi connectivity index (χ3n) is 3.63. The fraction of sp³-hybridized carbons (Fsp3) is 0.692. The Kier molecular flexibility index (Phi) is 3.35. The summed E-state index contributed by atoms with van der Waals surface area (Å²) < 4.78 is 0. The van der Waals surface area contributed by atoms with E-state index in [1.807, 2.05) is 11.8 Å². The molecule has 1 aliphatic carbocycles. The zero-order valence-electron chi connectivity index (χ0n) is 10.7. The first kappa shape index (κ1) is 12.1. The number of amides is 1. The number of carbonyl (C=O) groups is 1. The Morgan fingerprint density at radius 3 is 3.06 bits per heavy atom. The Hall–Kier alpha value is -0.940. The van der Waals surface area contributed by atoms with Crippen LogP contribution in [0, 0.1) is 0 Å². The van der Waals surface area contributed by atoms with Crippen LogP contribution in [0.3, 0.4) is 0 Å². The van der Waals surface area contributed by atoms with Crippen molar-refractivity contribution >= 4 is 22.4 Å². The molecule has 1 amide bonds. The number of hydrogen-bond donors (Lipinski definition) is 1. The predicted molar refractivity (Wildman–Crippen MR) is 73.1 cm³/mol. The second kappa shape index (κ2) is 4.97. The molecule has 1 unspecified atom stereocenters. The highest BCUT2D eigenvalue weighted by molar-refractivity contribution is 7.14. The summed E-state index contributed by atoms with van der Waals surface area (Å²) in [5.74, 6) is 0.860. The molecule has 1 saturated heterocycles. The number of rotatable bonds is 4. The van der Waals surface area contributed by atoms with Gasteiger partial charge in [-0.2, -0.15) is 0 Å². The summed E-state index contributed by atoms with van der Waals surface area (Å²) in [4.78, 5) is 18.8. The van der Waals surface area contributed by atoms with E-state index in [0.717, 1.165) is 31.1 Å². The summed E-state index contributed by atoms with van der Waals surface area (Å²) in [6.07, 6.45) is 4.53. The lowest BCUT2D eigenvalue weighted by molar-refractivity contribution is -0.121. The average molecular weight is 265 g/mol. The van der Waals surface area contributed by atoms with Gasteiger partial charge >= 0.3 is 0 Å². The highest BCUT2D eigenvalue weighted by atomic mass is 32.1. The van der Waals surface area contributed by atoms with E-state index in [-0.39, 0.29) is 11.9 Å². The molecule has 5 heteroatoms. The van der Waals surface area contributed by atoms with Crippen molar-refractivity contribution in [2.45, 2.75) is 44.6 Å². The third kappa shape index (κ3) is 2.29. The van der Waals surface area contributed by atoms with Crippen LogP contribution in [0.2, 0.25) is 0 Å². The van der Waals surface area contributed by atoms with Crippen molar-refractivity contribution in [3.63, 3.8) is 0 Å². The van der Waals surface area contributed by atoms with Crippen LogP contribution in [0.25, 0.3) is 0 Å². The van der Waals surface area contributed by atoms with Gasteiger partial charge in [0.1, 0.15) is 0 Å². The van der Waals surface area contributed by atoms with E-state index in [4.69, 9.17) is 0 Å². The number of anilines is 1. The third-order valence-corrected chi connectivity index (χ3v) is 4.51. The van der Waals surface area contributed by atoms with Gasteiger partial charge in [-0.15, -0.1) is 11.3 Å². The zero-order chi connectivity index (χ0) is 12.5. The molecular weight excluding hydrogens is 246 g/mol. The van der Waals surface area contributed by atoms with Crippen LogP contribution in [0.1, 0.15) is 44.2 Å². The van der Waals surface area contributed by atoms with Gasteiger partial charge in [0.25, 0.3) is 0 Å². The van der Waals surface area contributed by atoms with Gasteiger partial charge in [-0.1, -0.05) is 6.92 Å². The Balaban J connectivity index is 1.74. The molecule has 0 aromatic carbocycles. The number of nitrogens with zero attached hydrogens (tertiary/aromatic N) is 2. The molecule has 1 atom stereocenters. The minimum absolute atomic E-state index is 0.0166. The van der Waals surface area contributed by atoms with E-state index < -0.39 is 0 Å². The van der Waals surface area contributed by atoms with Crippen molar-refractivity contribution in [1.82, 2.24) is 10.3 Å². The number of nitrogens with one attached hydrogen (secondary N) is 1. The summed E-state index contributed by atoms with van der Waals surface area (Å²) in [5.41, 5.74) is 1.19. The van der Waals surface area contributed by atoms with Crippen LogP contribution in [-0.2, 0) is 4.79 Å². The SMILES string of the molecule is CCNC1CCCN(c2nc(C3CC3)cs2)C1=O. The normalized spacial score (nSPS) is 24.6. The van der Waals surface area contributed by atoms with E-state index in [0.29, 0.717) is 5.92 Å².